The largest absolute Gasteiger partial charge is 0.497 e. The predicted octanol–water partition coefficient (Wildman–Crippen LogP) is 2.67. The minimum absolute atomic E-state index is 0.280. The molecule has 2 aromatic rings. The van der Waals surface area contributed by atoms with Gasteiger partial charge in [0.15, 0.2) is 0 Å². The maximum Gasteiger partial charge on any atom is 0.273 e. The molecule has 0 spiro atoms. The standard InChI is InChI=1S/C18H23N5O2.C2H6/c1-13(14-5-7-16(25-2)8-6-14)20-18-21-15(11-17(24)23(18)19)12-22-9-3-4-10-22;1-2/h5-8,11H,1,3-4,9-10,12,19H2,2H3,(H,20,21);1-2H3. The third kappa shape index (κ3) is 5.34. The summed E-state index contributed by atoms with van der Waals surface area (Å²) in [6.07, 6.45) is 2.38. The van der Waals surface area contributed by atoms with Gasteiger partial charge < -0.3 is 15.9 Å². The van der Waals surface area contributed by atoms with Crippen LogP contribution in [0.4, 0.5) is 5.95 Å². The molecular weight excluding hydrogens is 342 g/mol. The number of nitrogens with one attached hydrogen (secondary N) is 1. The molecule has 3 N–H and O–H groups in total. The summed E-state index contributed by atoms with van der Waals surface area (Å²) in [5.74, 6) is 6.88. The van der Waals surface area contributed by atoms with Gasteiger partial charge >= 0.3 is 0 Å². The van der Waals surface area contributed by atoms with Crippen LogP contribution in [0.15, 0.2) is 41.7 Å². The number of rotatable bonds is 6. The zero-order valence-corrected chi connectivity index (χ0v) is 16.4. The lowest BCUT2D eigenvalue weighted by Gasteiger charge is -2.16. The summed E-state index contributed by atoms with van der Waals surface area (Å²) >= 11 is 0. The zero-order valence-electron chi connectivity index (χ0n) is 16.4. The number of anilines is 1. The van der Waals surface area contributed by atoms with Crippen molar-refractivity contribution >= 4 is 11.6 Å². The highest BCUT2D eigenvalue weighted by atomic mass is 16.5. The first-order valence-corrected chi connectivity index (χ1v) is 9.27. The van der Waals surface area contributed by atoms with Crippen LogP contribution in [0.1, 0.15) is 37.9 Å². The fraction of sp³-hybridized carbons (Fsp3) is 0.400. The molecule has 0 unspecified atom stereocenters. The third-order valence-corrected chi connectivity index (χ3v) is 4.29. The highest BCUT2D eigenvalue weighted by Crippen LogP contribution is 2.19. The number of likely N-dealkylation sites (tertiary alicyclic amines) is 1. The second-order valence-electron chi connectivity index (χ2n) is 6.09. The molecule has 1 fully saturated rings. The number of methoxy groups -OCH3 is 1. The van der Waals surface area contributed by atoms with E-state index in [9.17, 15) is 4.79 Å². The molecule has 7 heteroatoms. The second-order valence-corrected chi connectivity index (χ2v) is 6.09. The zero-order chi connectivity index (χ0) is 19.8. The van der Waals surface area contributed by atoms with Crippen molar-refractivity contribution in [3.63, 3.8) is 0 Å². The van der Waals surface area contributed by atoms with Gasteiger partial charge in [-0.2, -0.15) is 4.68 Å². The molecule has 2 heterocycles. The van der Waals surface area contributed by atoms with Gasteiger partial charge in [-0.15, -0.1) is 0 Å². The topological polar surface area (TPSA) is 85.4 Å². The quantitative estimate of drug-likeness (QED) is 0.760. The van der Waals surface area contributed by atoms with E-state index < -0.39 is 0 Å². The van der Waals surface area contributed by atoms with E-state index in [-0.39, 0.29) is 11.5 Å². The van der Waals surface area contributed by atoms with E-state index in [0.29, 0.717) is 17.9 Å². The molecule has 1 saturated heterocycles. The van der Waals surface area contributed by atoms with Gasteiger partial charge in [0.1, 0.15) is 5.75 Å². The molecule has 0 bridgehead atoms. The minimum atomic E-state index is -0.297. The lowest BCUT2D eigenvalue weighted by atomic mass is 10.1. The fourth-order valence-electron chi connectivity index (χ4n) is 2.88. The molecule has 1 aliphatic heterocycles. The molecule has 0 saturated carbocycles. The Morgan fingerprint density at radius 2 is 1.89 bits per heavy atom. The third-order valence-electron chi connectivity index (χ3n) is 4.29. The van der Waals surface area contributed by atoms with E-state index in [1.54, 1.807) is 7.11 Å². The summed E-state index contributed by atoms with van der Waals surface area (Å²) in [5, 5.41) is 3.04. The first kappa shape index (κ1) is 20.5. The number of nitrogens with zero attached hydrogens (tertiary/aromatic N) is 3. The Balaban J connectivity index is 0.00000126. The number of benzene rings is 1. The van der Waals surface area contributed by atoms with Crippen molar-refractivity contribution in [3.8, 4) is 5.75 Å². The SMILES string of the molecule is C=C(Nc1nc(CN2CCCC2)cc(=O)n1N)c1ccc(OC)cc1.CC. The van der Waals surface area contributed by atoms with Crippen molar-refractivity contribution in [1.82, 2.24) is 14.6 Å². The van der Waals surface area contributed by atoms with E-state index in [1.807, 2.05) is 38.1 Å². The van der Waals surface area contributed by atoms with E-state index in [0.717, 1.165) is 29.1 Å². The Labute approximate surface area is 160 Å². The molecular formula is C20H29N5O2. The van der Waals surface area contributed by atoms with E-state index in [1.165, 1.54) is 18.9 Å². The molecule has 7 nitrogen and oxygen atoms in total. The van der Waals surface area contributed by atoms with Crippen LogP contribution in [0, 0.1) is 0 Å². The Kier molecular flexibility index (Phi) is 7.43. The van der Waals surface area contributed by atoms with Crippen LogP contribution in [-0.2, 0) is 6.54 Å². The van der Waals surface area contributed by atoms with Crippen LogP contribution in [0.2, 0.25) is 0 Å². The summed E-state index contributed by atoms with van der Waals surface area (Å²) in [4.78, 5) is 18.9. The molecule has 1 aromatic heterocycles. The molecule has 0 aliphatic carbocycles. The second kappa shape index (κ2) is 9.78. The van der Waals surface area contributed by atoms with Gasteiger partial charge in [-0.1, -0.05) is 20.4 Å². The molecule has 1 aliphatic rings. The maximum atomic E-state index is 12.1. The van der Waals surface area contributed by atoms with Crippen molar-refractivity contribution in [2.75, 3.05) is 31.4 Å². The highest BCUT2D eigenvalue weighted by Gasteiger charge is 2.15. The highest BCUT2D eigenvalue weighted by molar-refractivity contribution is 5.73. The number of nitrogens with two attached hydrogens (primary N) is 1. The lowest BCUT2D eigenvalue weighted by Crippen LogP contribution is -2.32. The van der Waals surface area contributed by atoms with Crippen LogP contribution in [-0.4, -0.2) is 34.8 Å². The smallest absolute Gasteiger partial charge is 0.273 e. The van der Waals surface area contributed by atoms with Gasteiger partial charge in [-0.05, 0) is 55.8 Å². The average molecular weight is 371 g/mol. The van der Waals surface area contributed by atoms with Crippen LogP contribution in [0.25, 0.3) is 5.70 Å². The maximum absolute atomic E-state index is 12.1. The molecule has 27 heavy (non-hydrogen) atoms. The Hall–Kier alpha value is -2.80. The van der Waals surface area contributed by atoms with E-state index >= 15 is 0 Å². The Bertz CT molecular complexity index is 808. The van der Waals surface area contributed by atoms with Crippen LogP contribution in [0.5, 0.6) is 5.75 Å². The monoisotopic (exact) mass is 371 g/mol. The summed E-state index contributed by atoms with van der Waals surface area (Å²) in [6.45, 7) is 10.7. The van der Waals surface area contributed by atoms with Crippen LogP contribution >= 0.6 is 0 Å². The molecule has 0 atom stereocenters. The van der Waals surface area contributed by atoms with Crippen LogP contribution in [0.3, 0.4) is 0 Å². The number of aromatic nitrogens is 2. The van der Waals surface area contributed by atoms with Crippen molar-refractivity contribution < 1.29 is 4.74 Å². The van der Waals surface area contributed by atoms with E-state index in [4.69, 9.17) is 10.6 Å². The number of hydrogen-bond acceptors (Lipinski definition) is 6. The first-order valence-electron chi connectivity index (χ1n) is 9.27. The van der Waals surface area contributed by atoms with Gasteiger partial charge in [0.25, 0.3) is 5.56 Å². The fourth-order valence-corrected chi connectivity index (χ4v) is 2.88. The van der Waals surface area contributed by atoms with Gasteiger partial charge in [0.2, 0.25) is 5.95 Å². The van der Waals surface area contributed by atoms with Crippen molar-refractivity contribution in [3.05, 3.63) is 58.5 Å². The van der Waals surface area contributed by atoms with Gasteiger partial charge in [0.05, 0.1) is 12.8 Å². The summed E-state index contributed by atoms with van der Waals surface area (Å²) in [6, 6.07) is 8.92. The van der Waals surface area contributed by atoms with Gasteiger partial charge in [-0.25, -0.2) is 4.98 Å². The minimum Gasteiger partial charge on any atom is -0.497 e. The molecule has 0 radical (unpaired) electrons. The van der Waals surface area contributed by atoms with E-state index in [2.05, 4.69) is 21.8 Å². The Morgan fingerprint density at radius 3 is 2.48 bits per heavy atom. The summed E-state index contributed by atoms with van der Waals surface area (Å²) in [5.41, 5.74) is 1.87. The lowest BCUT2D eigenvalue weighted by molar-refractivity contribution is 0.327. The Morgan fingerprint density at radius 1 is 1.26 bits per heavy atom. The number of nitrogen functional groups attached to an aromatic ring is 1. The summed E-state index contributed by atoms with van der Waals surface area (Å²) < 4.78 is 6.15. The van der Waals surface area contributed by atoms with Gasteiger partial charge in [0, 0.05) is 18.3 Å². The van der Waals surface area contributed by atoms with Crippen molar-refractivity contribution in [2.24, 2.45) is 0 Å². The normalized spacial score (nSPS) is 13.6. The van der Waals surface area contributed by atoms with Crippen molar-refractivity contribution in [2.45, 2.75) is 33.2 Å². The molecule has 146 valence electrons. The van der Waals surface area contributed by atoms with Crippen LogP contribution < -0.4 is 21.5 Å². The molecule has 0 amide bonds. The number of hydrogen-bond donors (Lipinski definition) is 2. The first-order chi connectivity index (χ1) is 13.1. The van der Waals surface area contributed by atoms with Gasteiger partial charge in [-0.3, -0.25) is 9.69 Å². The van der Waals surface area contributed by atoms with Crippen molar-refractivity contribution in [1.29, 1.82) is 0 Å². The molecule has 3 rings (SSSR count). The number of ether oxygens (including phenoxy) is 1. The predicted molar refractivity (Wildman–Crippen MR) is 110 cm³/mol. The molecule has 1 aromatic carbocycles. The average Bonchev–Trinajstić information content (AvgIpc) is 3.20. The summed E-state index contributed by atoms with van der Waals surface area (Å²) in [7, 11) is 1.62.